The first-order valence-electron chi connectivity index (χ1n) is 5.82. The Morgan fingerprint density at radius 3 is 2.85 bits per heavy atom. The van der Waals surface area contributed by atoms with E-state index in [1.54, 1.807) is 31.4 Å². The summed E-state index contributed by atoms with van der Waals surface area (Å²) >= 11 is 0. The minimum absolute atomic E-state index is 0.0878. The zero-order valence-corrected chi connectivity index (χ0v) is 11.7. The Kier molecular flexibility index (Phi) is 4.26. The molecule has 0 spiro atoms. The fourth-order valence-corrected chi connectivity index (χ4v) is 2.55. The molecule has 0 aliphatic carbocycles. The van der Waals surface area contributed by atoms with E-state index in [9.17, 15) is 8.42 Å². The lowest BCUT2D eigenvalue weighted by Crippen LogP contribution is -2.27. The van der Waals surface area contributed by atoms with Crippen molar-refractivity contribution in [3.63, 3.8) is 0 Å². The highest BCUT2D eigenvalue weighted by Gasteiger charge is 2.23. The molecule has 1 aliphatic rings. The minimum Gasteiger partial charge on any atom is -0.489 e. The SMILES string of the molecule is COC/C=C/COc1cccc2c1C(N)=NS(=O)(=O)N2. The summed E-state index contributed by atoms with van der Waals surface area (Å²) in [7, 11) is -2.17. The molecule has 0 saturated carbocycles. The molecule has 0 saturated heterocycles. The Morgan fingerprint density at radius 2 is 2.10 bits per heavy atom. The van der Waals surface area contributed by atoms with Gasteiger partial charge in [-0.05, 0) is 18.2 Å². The number of hydrogen-bond acceptors (Lipinski definition) is 5. The summed E-state index contributed by atoms with van der Waals surface area (Å²) in [5.41, 5.74) is 6.49. The molecule has 0 atom stereocenters. The van der Waals surface area contributed by atoms with Gasteiger partial charge in [0.2, 0.25) is 0 Å². The molecule has 1 aromatic carbocycles. The number of rotatable bonds is 5. The zero-order valence-electron chi connectivity index (χ0n) is 10.9. The highest BCUT2D eigenvalue weighted by atomic mass is 32.2. The molecular formula is C12H15N3O4S. The third kappa shape index (κ3) is 3.28. The summed E-state index contributed by atoms with van der Waals surface area (Å²) in [6, 6.07) is 4.97. The first-order valence-corrected chi connectivity index (χ1v) is 7.26. The van der Waals surface area contributed by atoms with E-state index in [-0.39, 0.29) is 5.84 Å². The summed E-state index contributed by atoms with van der Waals surface area (Å²) in [6.45, 7) is 0.819. The summed E-state index contributed by atoms with van der Waals surface area (Å²) in [5, 5.41) is 0. The monoisotopic (exact) mass is 297 g/mol. The normalized spacial score (nSPS) is 16.4. The van der Waals surface area contributed by atoms with Gasteiger partial charge in [0.1, 0.15) is 12.4 Å². The average molecular weight is 297 g/mol. The number of hydrogen-bond donors (Lipinski definition) is 2. The number of methoxy groups -OCH3 is 1. The summed E-state index contributed by atoms with van der Waals surface area (Å²) < 4.78 is 39.0. The third-order valence-corrected chi connectivity index (χ3v) is 3.42. The largest absolute Gasteiger partial charge is 0.489 e. The van der Waals surface area contributed by atoms with Gasteiger partial charge in [-0.1, -0.05) is 12.1 Å². The maximum absolute atomic E-state index is 11.4. The first-order chi connectivity index (χ1) is 9.53. The van der Waals surface area contributed by atoms with E-state index in [2.05, 4.69) is 9.12 Å². The molecule has 7 nitrogen and oxygen atoms in total. The third-order valence-electron chi connectivity index (χ3n) is 2.50. The summed E-state index contributed by atoms with van der Waals surface area (Å²) in [5.74, 6) is 0.378. The van der Waals surface area contributed by atoms with E-state index in [1.807, 2.05) is 6.08 Å². The smallest absolute Gasteiger partial charge is 0.344 e. The Morgan fingerprint density at radius 1 is 1.35 bits per heavy atom. The Labute approximate surface area is 117 Å². The molecule has 0 radical (unpaired) electrons. The van der Waals surface area contributed by atoms with Crippen molar-refractivity contribution >= 4 is 21.7 Å². The molecule has 8 heteroatoms. The second-order valence-corrected chi connectivity index (χ2v) is 5.31. The van der Waals surface area contributed by atoms with Gasteiger partial charge in [-0.3, -0.25) is 4.72 Å². The van der Waals surface area contributed by atoms with Crippen molar-refractivity contribution in [2.75, 3.05) is 25.0 Å². The number of benzene rings is 1. The van der Waals surface area contributed by atoms with E-state index in [0.29, 0.717) is 30.2 Å². The van der Waals surface area contributed by atoms with Crippen LogP contribution in [0, 0.1) is 0 Å². The molecule has 0 amide bonds. The van der Waals surface area contributed by atoms with Crippen LogP contribution in [0.4, 0.5) is 5.69 Å². The highest BCUT2D eigenvalue weighted by molar-refractivity contribution is 7.91. The molecule has 0 aromatic heterocycles. The van der Waals surface area contributed by atoms with Crippen molar-refractivity contribution in [2.24, 2.45) is 10.1 Å². The molecule has 0 bridgehead atoms. The van der Waals surface area contributed by atoms with Crippen LogP contribution >= 0.6 is 0 Å². The Hall–Kier alpha value is -2.06. The topological polar surface area (TPSA) is 103 Å². The fraction of sp³-hybridized carbons (Fsp3) is 0.250. The zero-order chi connectivity index (χ0) is 14.6. The van der Waals surface area contributed by atoms with Crippen LogP contribution in [-0.4, -0.2) is 34.6 Å². The fourth-order valence-electron chi connectivity index (χ4n) is 1.71. The standard InChI is InChI=1S/C12H15N3O4S/c1-18-7-2-3-8-19-10-6-4-5-9-11(10)12(13)15-20(16,17)14-9/h2-6,14H,7-8H2,1H3,(H2,13,15)/b3-2+. The van der Waals surface area contributed by atoms with E-state index in [0.717, 1.165) is 0 Å². The second-order valence-electron chi connectivity index (χ2n) is 3.97. The Balaban J connectivity index is 2.21. The van der Waals surface area contributed by atoms with Crippen LogP contribution in [0.3, 0.4) is 0 Å². The van der Waals surface area contributed by atoms with Gasteiger partial charge in [-0.15, -0.1) is 4.40 Å². The molecule has 1 heterocycles. The van der Waals surface area contributed by atoms with Crippen molar-refractivity contribution in [1.82, 2.24) is 0 Å². The van der Waals surface area contributed by atoms with Crippen LogP contribution in [0.1, 0.15) is 5.56 Å². The number of nitrogens with one attached hydrogen (secondary N) is 1. The lowest BCUT2D eigenvalue weighted by Gasteiger charge is -2.18. The van der Waals surface area contributed by atoms with Gasteiger partial charge in [0, 0.05) is 7.11 Å². The van der Waals surface area contributed by atoms with Gasteiger partial charge < -0.3 is 15.2 Å². The molecule has 1 aromatic rings. The summed E-state index contributed by atoms with van der Waals surface area (Å²) in [4.78, 5) is 0. The van der Waals surface area contributed by atoms with E-state index in [4.69, 9.17) is 15.2 Å². The Bertz CT molecular complexity index is 653. The number of amidine groups is 1. The van der Waals surface area contributed by atoms with Crippen molar-refractivity contribution in [3.05, 3.63) is 35.9 Å². The van der Waals surface area contributed by atoms with Crippen LogP contribution in [0.2, 0.25) is 0 Å². The number of nitrogens with two attached hydrogens (primary N) is 1. The van der Waals surface area contributed by atoms with Gasteiger partial charge in [0.15, 0.2) is 5.84 Å². The molecule has 3 N–H and O–H groups in total. The van der Waals surface area contributed by atoms with Crippen molar-refractivity contribution in [1.29, 1.82) is 0 Å². The number of fused-ring (bicyclic) bond motifs is 1. The van der Waals surface area contributed by atoms with Gasteiger partial charge in [-0.25, -0.2) is 0 Å². The van der Waals surface area contributed by atoms with Gasteiger partial charge in [-0.2, -0.15) is 8.42 Å². The number of ether oxygens (including phenoxy) is 2. The maximum atomic E-state index is 11.4. The molecule has 0 unspecified atom stereocenters. The lowest BCUT2D eigenvalue weighted by molar-refractivity contribution is 0.233. The van der Waals surface area contributed by atoms with Crippen molar-refractivity contribution in [2.45, 2.75) is 0 Å². The van der Waals surface area contributed by atoms with E-state index < -0.39 is 10.2 Å². The molecular weight excluding hydrogens is 282 g/mol. The predicted octanol–water partition coefficient (Wildman–Crippen LogP) is 0.644. The quantitative estimate of drug-likeness (QED) is 0.776. The van der Waals surface area contributed by atoms with Crippen LogP contribution < -0.4 is 15.2 Å². The number of anilines is 1. The molecule has 1 aliphatic heterocycles. The summed E-state index contributed by atoms with van der Waals surface area (Å²) in [6.07, 6.45) is 3.61. The molecule has 0 fully saturated rings. The van der Waals surface area contributed by atoms with Crippen molar-refractivity contribution < 1.29 is 17.9 Å². The van der Waals surface area contributed by atoms with E-state index in [1.165, 1.54) is 0 Å². The van der Waals surface area contributed by atoms with E-state index >= 15 is 0 Å². The molecule has 108 valence electrons. The maximum Gasteiger partial charge on any atom is 0.344 e. The first kappa shape index (κ1) is 14.4. The van der Waals surface area contributed by atoms with Crippen LogP contribution in [0.15, 0.2) is 34.7 Å². The average Bonchev–Trinajstić information content (AvgIpc) is 2.36. The predicted molar refractivity (Wildman–Crippen MR) is 76.2 cm³/mol. The van der Waals surface area contributed by atoms with Gasteiger partial charge in [0.05, 0.1) is 17.9 Å². The minimum atomic E-state index is -3.77. The van der Waals surface area contributed by atoms with Gasteiger partial charge in [0.25, 0.3) is 0 Å². The second kappa shape index (κ2) is 5.93. The highest BCUT2D eigenvalue weighted by Crippen LogP contribution is 2.30. The number of nitrogens with zero attached hydrogens (tertiary/aromatic N) is 1. The van der Waals surface area contributed by atoms with Crippen LogP contribution in [0.5, 0.6) is 5.75 Å². The van der Waals surface area contributed by atoms with Crippen molar-refractivity contribution in [3.8, 4) is 5.75 Å². The van der Waals surface area contributed by atoms with Crippen LogP contribution in [-0.2, 0) is 14.9 Å². The molecule has 2 rings (SSSR count). The van der Waals surface area contributed by atoms with Gasteiger partial charge >= 0.3 is 10.2 Å². The molecule has 20 heavy (non-hydrogen) atoms. The van der Waals surface area contributed by atoms with Crippen LogP contribution in [0.25, 0.3) is 0 Å². The lowest BCUT2D eigenvalue weighted by atomic mass is 10.1.